The number of hydrazone groups is 1. The van der Waals surface area contributed by atoms with Crippen molar-refractivity contribution in [2.75, 3.05) is 27.4 Å². The molecule has 0 radical (unpaired) electrons. The first-order valence-corrected chi connectivity index (χ1v) is 10.7. The number of hydrogen-bond acceptors (Lipinski definition) is 8. The number of methoxy groups -OCH3 is 2. The second-order valence-electron chi connectivity index (χ2n) is 6.99. The molecule has 35 heavy (non-hydrogen) atoms. The van der Waals surface area contributed by atoms with Crippen molar-refractivity contribution in [1.29, 1.82) is 0 Å². The lowest BCUT2D eigenvalue weighted by Crippen LogP contribution is -2.24. The predicted molar refractivity (Wildman–Crippen MR) is 130 cm³/mol. The highest BCUT2D eigenvalue weighted by Crippen LogP contribution is 2.29. The molecule has 9 nitrogen and oxygen atoms in total. The summed E-state index contributed by atoms with van der Waals surface area (Å²) in [6, 6.07) is 18.5. The normalized spacial score (nSPS) is 10.5. The van der Waals surface area contributed by atoms with Gasteiger partial charge in [0.05, 0.1) is 32.6 Å². The van der Waals surface area contributed by atoms with Gasteiger partial charge < -0.3 is 23.7 Å². The van der Waals surface area contributed by atoms with Gasteiger partial charge in [-0.15, -0.1) is 0 Å². The summed E-state index contributed by atoms with van der Waals surface area (Å²) >= 11 is 0. The van der Waals surface area contributed by atoms with Gasteiger partial charge in [0.1, 0.15) is 5.75 Å². The molecule has 1 amide bonds. The summed E-state index contributed by atoms with van der Waals surface area (Å²) in [5.74, 6) is 1.27. The second kappa shape index (κ2) is 12.6. The van der Waals surface area contributed by atoms with E-state index in [4.69, 9.17) is 23.7 Å². The van der Waals surface area contributed by atoms with Gasteiger partial charge in [-0.25, -0.2) is 10.2 Å². The molecule has 0 aliphatic rings. The lowest BCUT2D eigenvalue weighted by Gasteiger charge is -2.11. The molecule has 0 spiro atoms. The number of carbonyl (C=O) groups is 2. The summed E-state index contributed by atoms with van der Waals surface area (Å²) in [4.78, 5) is 24.5. The fourth-order valence-electron chi connectivity index (χ4n) is 2.94. The number of amides is 1. The van der Waals surface area contributed by atoms with Crippen molar-refractivity contribution in [1.82, 2.24) is 5.43 Å². The number of carbonyl (C=O) groups excluding carboxylic acids is 2. The van der Waals surface area contributed by atoms with Crippen molar-refractivity contribution in [3.8, 4) is 28.7 Å². The van der Waals surface area contributed by atoms with E-state index in [9.17, 15) is 9.59 Å². The highest BCUT2D eigenvalue weighted by atomic mass is 16.6. The van der Waals surface area contributed by atoms with E-state index in [2.05, 4.69) is 10.5 Å². The van der Waals surface area contributed by atoms with Crippen LogP contribution in [0.2, 0.25) is 0 Å². The van der Waals surface area contributed by atoms with E-state index < -0.39 is 11.9 Å². The van der Waals surface area contributed by atoms with E-state index in [1.807, 2.05) is 6.92 Å². The summed E-state index contributed by atoms with van der Waals surface area (Å²) < 4.78 is 26.9. The first-order valence-electron chi connectivity index (χ1n) is 10.7. The summed E-state index contributed by atoms with van der Waals surface area (Å²) in [5.41, 5.74) is 3.40. The van der Waals surface area contributed by atoms with Crippen molar-refractivity contribution in [2.24, 2.45) is 5.10 Å². The van der Waals surface area contributed by atoms with Crippen LogP contribution in [0.15, 0.2) is 71.8 Å². The molecule has 3 aromatic carbocycles. The molecule has 3 aromatic rings. The van der Waals surface area contributed by atoms with E-state index >= 15 is 0 Å². The standard InChI is InChI=1S/C26H26N2O7/c1-4-33-24-15-18(9-14-23(24)35-26(30)19-10-12-20(31-2)13-11-19)16-27-28-25(29)17-34-22-8-6-5-7-21(22)32-3/h5-16H,4,17H2,1-3H3,(H,28,29)/b27-16-. The van der Waals surface area contributed by atoms with Gasteiger partial charge in [0.15, 0.2) is 29.6 Å². The Morgan fingerprint density at radius 3 is 2.29 bits per heavy atom. The Bertz CT molecular complexity index is 1180. The lowest BCUT2D eigenvalue weighted by molar-refractivity contribution is -0.123. The van der Waals surface area contributed by atoms with Crippen LogP contribution in [-0.2, 0) is 4.79 Å². The maximum Gasteiger partial charge on any atom is 0.343 e. The lowest BCUT2D eigenvalue weighted by atomic mass is 10.2. The molecule has 0 atom stereocenters. The van der Waals surface area contributed by atoms with Gasteiger partial charge in [0.2, 0.25) is 0 Å². The van der Waals surface area contributed by atoms with Crippen molar-refractivity contribution < 1.29 is 33.3 Å². The van der Waals surface area contributed by atoms with Crippen LogP contribution >= 0.6 is 0 Å². The Morgan fingerprint density at radius 2 is 1.60 bits per heavy atom. The first kappa shape index (κ1) is 25.1. The zero-order valence-electron chi connectivity index (χ0n) is 19.6. The zero-order valence-corrected chi connectivity index (χ0v) is 19.6. The van der Waals surface area contributed by atoms with Crippen LogP contribution < -0.4 is 29.1 Å². The van der Waals surface area contributed by atoms with Crippen molar-refractivity contribution in [3.63, 3.8) is 0 Å². The molecule has 9 heteroatoms. The third kappa shape index (κ3) is 7.23. The average Bonchev–Trinajstić information content (AvgIpc) is 2.89. The third-order valence-corrected chi connectivity index (χ3v) is 4.63. The Hall–Kier alpha value is -4.53. The maximum absolute atomic E-state index is 12.5. The summed E-state index contributed by atoms with van der Waals surface area (Å²) in [6.45, 7) is 1.95. The maximum atomic E-state index is 12.5. The minimum absolute atomic E-state index is 0.234. The van der Waals surface area contributed by atoms with Crippen LogP contribution in [-0.4, -0.2) is 45.5 Å². The number of hydrogen-bond donors (Lipinski definition) is 1. The molecule has 0 bridgehead atoms. The number of nitrogens with zero attached hydrogens (tertiary/aromatic N) is 1. The molecule has 3 rings (SSSR count). The molecule has 182 valence electrons. The number of benzene rings is 3. The Morgan fingerprint density at radius 1 is 0.857 bits per heavy atom. The number of esters is 1. The Balaban J connectivity index is 1.59. The largest absolute Gasteiger partial charge is 0.497 e. The van der Waals surface area contributed by atoms with E-state index in [-0.39, 0.29) is 12.4 Å². The fraction of sp³-hybridized carbons (Fsp3) is 0.192. The minimum atomic E-state index is -0.530. The van der Waals surface area contributed by atoms with Crippen LogP contribution in [0.25, 0.3) is 0 Å². The molecule has 0 aliphatic heterocycles. The molecular weight excluding hydrogens is 452 g/mol. The van der Waals surface area contributed by atoms with Crippen LogP contribution in [0.4, 0.5) is 0 Å². The SMILES string of the molecule is CCOc1cc(/C=N\NC(=O)COc2ccccc2OC)ccc1OC(=O)c1ccc(OC)cc1. The molecule has 0 saturated carbocycles. The van der Waals surface area contributed by atoms with E-state index in [0.29, 0.717) is 40.7 Å². The monoisotopic (exact) mass is 478 g/mol. The summed E-state index contributed by atoms with van der Waals surface area (Å²) in [7, 11) is 3.07. The number of nitrogens with one attached hydrogen (secondary N) is 1. The van der Waals surface area contributed by atoms with Crippen LogP contribution in [0.5, 0.6) is 28.7 Å². The van der Waals surface area contributed by atoms with Gasteiger partial charge in [-0.1, -0.05) is 12.1 Å². The fourth-order valence-corrected chi connectivity index (χ4v) is 2.94. The van der Waals surface area contributed by atoms with Crippen LogP contribution in [0, 0.1) is 0 Å². The van der Waals surface area contributed by atoms with Gasteiger partial charge in [0.25, 0.3) is 5.91 Å². The molecule has 0 aromatic heterocycles. The van der Waals surface area contributed by atoms with Crippen molar-refractivity contribution in [3.05, 3.63) is 77.9 Å². The van der Waals surface area contributed by atoms with Gasteiger partial charge in [0, 0.05) is 0 Å². The number of ether oxygens (including phenoxy) is 5. The predicted octanol–water partition coefficient (Wildman–Crippen LogP) is 3.85. The molecule has 0 unspecified atom stereocenters. The van der Waals surface area contributed by atoms with Crippen LogP contribution in [0.1, 0.15) is 22.8 Å². The van der Waals surface area contributed by atoms with E-state index in [1.54, 1.807) is 73.8 Å². The molecule has 0 heterocycles. The smallest absolute Gasteiger partial charge is 0.343 e. The minimum Gasteiger partial charge on any atom is -0.497 e. The van der Waals surface area contributed by atoms with Crippen LogP contribution in [0.3, 0.4) is 0 Å². The topological polar surface area (TPSA) is 105 Å². The molecule has 1 N–H and O–H groups in total. The van der Waals surface area contributed by atoms with Crippen molar-refractivity contribution in [2.45, 2.75) is 6.92 Å². The average molecular weight is 479 g/mol. The van der Waals surface area contributed by atoms with E-state index in [0.717, 1.165) is 0 Å². The third-order valence-electron chi connectivity index (χ3n) is 4.63. The Kier molecular flexibility index (Phi) is 9.07. The molecule has 0 aliphatic carbocycles. The van der Waals surface area contributed by atoms with Crippen molar-refractivity contribution >= 4 is 18.1 Å². The number of para-hydroxylation sites is 2. The zero-order chi connectivity index (χ0) is 25.0. The highest BCUT2D eigenvalue weighted by Gasteiger charge is 2.13. The van der Waals surface area contributed by atoms with Gasteiger partial charge in [-0.2, -0.15) is 5.10 Å². The van der Waals surface area contributed by atoms with Gasteiger partial charge in [-0.3, -0.25) is 4.79 Å². The van der Waals surface area contributed by atoms with Gasteiger partial charge >= 0.3 is 5.97 Å². The second-order valence-corrected chi connectivity index (χ2v) is 6.99. The summed E-state index contributed by atoms with van der Waals surface area (Å²) in [5, 5.41) is 3.94. The quantitative estimate of drug-likeness (QED) is 0.193. The molecule has 0 fully saturated rings. The molecule has 0 saturated heterocycles. The highest BCUT2D eigenvalue weighted by molar-refractivity contribution is 5.92. The summed E-state index contributed by atoms with van der Waals surface area (Å²) in [6.07, 6.45) is 1.44. The number of rotatable bonds is 11. The first-order chi connectivity index (χ1) is 17.0. The Labute approximate surface area is 203 Å². The molecular formula is C26H26N2O7. The van der Waals surface area contributed by atoms with E-state index in [1.165, 1.54) is 13.3 Å². The van der Waals surface area contributed by atoms with Gasteiger partial charge in [-0.05, 0) is 67.1 Å².